The first-order chi connectivity index (χ1) is 15.3. The van der Waals surface area contributed by atoms with Crippen molar-refractivity contribution in [3.63, 3.8) is 0 Å². The number of hydrogen-bond donors (Lipinski definition) is 3. The maximum atomic E-state index is 13.7. The van der Waals surface area contributed by atoms with E-state index in [2.05, 4.69) is 30.2 Å². The van der Waals surface area contributed by atoms with Gasteiger partial charge in [0.15, 0.2) is 0 Å². The smallest absolute Gasteiger partial charge is 0.408 e. The second-order valence-electron chi connectivity index (χ2n) is 10.6. The number of rotatable bonds is 8. The quantitative estimate of drug-likeness (QED) is 0.494. The average molecular weight is 478 g/mol. The van der Waals surface area contributed by atoms with Gasteiger partial charge in [-0.15, -0.1) is 0 Å². The molecule has 184 valence electrons. The summed E-state index contributed by atoms with van der Waals surface area (Å²) in [7, 11) is 0. The Labute approximate surface area is 203 Å². The molecule has 0 bridgehead atoms. The fraction of sp³-hybridized carbons (Fsp3) is 0.640. The Morgan fingerprint density at radius 3 is 2.09 bits per heavy atom. The van der Waals surface area contributed by atoms with E-state index in [1.807, 2.05) is 45.0 Å². The van der Waals surface area contributed by atoms with E-state index in [4.69, 9.17) is 4.74 Å². The van der Waals surface area contributed by atoms with Crippen LogP contribution in [0.3, 0.4) is 0 Å². The molecule has 2 N–H and O–H groups in total. The number of hydrogen-bond acceptors (Lipinski definition) is 5. The lowest BCUT2D eigenvalue weighted by Crippen LogP contribution is -2.55. The number of aryl methyl sites for hydroxylation is 1. The number of nitrogens with zero attached hydrogens (tertiary/aromatic N) is 1. The second kappa shape index (κ2) is 10.8. The average Bonchev–Trinajstić information content (AvgIpc) is 3.52. The Balaban J connectivity index is 2.39. The van der Waals surface area contributed by atoms with Gasteiger partial charge in [0, 0.05) is 17.3 Å². The zero-order valence-corrected chi connectivity index (χ0v) is 21.8. The Morgan fingerprint density at radius 2 is 1.67 bits per heavy atom. The number of thiol groups is 1. The van der Waals surface area contributed by atoms with Gasteiger partial charge in [0.25, 0.3) is 0 Å². The predicted molar refractivity (Wildman–Crippen MR) is 133 cm³/mol. The molecule has 1 aromatic carbocycles. The molecule has 1 fully saturated rings. The van der Waals surface area contributed by atoms with E-state index in [9.17, 15) is 14.4 Å². The SMILES string of the molecule is CCc1ccc(C(C(=O)NC(C)(C)C)N(C(=O)C(CS)NC(=O)OC(C)(C)C)C2CC2)cc1. The van der Waals surface area contributed by atoms with Crippen LogP contribution in [0.5, 0.6) is 0 Å². The number of benzene rings is 1. The molecule has 1 saturated carbocycles. The van der Waals surface area contributed by atoms with E-state index in [0.717, 1.165) is 30.4 Å². The van der Waals surface area contributed by atoms with Gasteiger partial charge < -0.3 is 20.3 Å². The Kier molecular flexibility index (Phi) is 8.85. The normalized spacial score (nSPS) is 15.9. The fourth-order valence-electron chi connectivity index (χ4n) is 3.50. The molecule has 8 heteroatoms. The molecule has 0 saturated heterocycles. The van der Waals surface area contributed by atoms with Crippen molar-refractivity contribution in [3.8, 4) is 0 Å². The molecule has 0 heterocycles. The van der Waals surface area contributed by atoms with Crippen LogP contribution in [-0.2, 0) is 20.7 Å². The van der Waals surface area contributed by atoms with E-state index >= 15 is 0 Å². The summed E-state index contributed by atoms with van der Waals surface area (Å²) in [4.78, 5) is 41.1. The van der Waals surface area contributed by atoms with Crippen LogP contribution in [-0.4, -0.2) is 51.8 Å². The predicted octanol–water partition coefficient (Wildman–Crippen LogP) is 4.02. The van der Waals surface area contributed by atoms with Gasteiger partial charge in [-0.2, -0.15) is 12.6 Å². The van der Waals surface area contributed by atoms with Gasteiger partial charge in [-0.1, -0.05) is 31.2 Å². The summed E-state index contributed by atoms with van der Waals surface area (Å²) in [6.45, 7) is 13.1. The van der Waals surface area contributed by atoms with Crippen molar-refractivity contribution in [2.75, 3.05) is 5.75 Å². The lowest BCUT2D eigenvalue weighted by molar-refractivity contribution is -0.143. The molecule has 7 nitrogen and oxygen atoms in total. The minimum absolute atomic E-state index is 0.0677. The molecule has 2 atom stereocenters. The van der Waals surface area contributed by atoms with E-state index < -0.39 is 29.3 Å². The van der Waals surface area contributed by atoms with Gasteiger partial charge in [0.1, 0.15) is 17.7 Å². The summed E-state index contributed by atoms with van der Waals surface area (Å²) in [5.74, 6) is -0.502. The van der Waals surface area contributed by atoms with Gasteiger partial charge >= 0.3 is 6.09 Å². The highest BCUT2D eigenvalue weighted by molar-refractivity contribution is 7.80. The third kappa shape index (κ3) is 8.25. The molecule has 1 aromatic rings. The molecule has 0 aromatic heterocycles. The lowest BCUT2D eigenvalue weighted by Gasteiger charge is -2.36. The molecule has 0 spiro atoms. The fourth-order valence-corrected chi connectivity index (χ4v) is 3.75. The maximum absolute atomic E-state index is 13.7. The van der Waals surface area contributed by atoms with Crippen LogP contribution in [0.25, 0.3) is 0 Å². The van der Waals surface area contributed by atoms with Crippen molar-refractivity contribution < 1.29 is 19.1 Å². The van der Waals surface area contributed by atoms with Gasteiger partial charge in [-0.3, -0.25) is 9.59 Å². The van der Waals surface area contributed by atoms with E-state index in [1.54, 1.807) is 25.7 Å². The number of ether oxygens (including phenoxy) is 1. The molecule has 0 aliphatic heterocycles. The standard InChI is InChI=1S/C25H39N3O4S/c1-8-16-9-11-17(12-10-16)20(21(29)27-24(2,3)4)28(18-13-14-18)22(30)19(15-33)26-23(31)32-25(5,6)7/h9-12,18-20,33H,8,13-15H2,1-7H3,(H,26,31)(H,27,29). The van der Waals surface area contributed by atoms with Crippen LogP contribution in [0, 0.1) is 0 Å². The van der Waals surface area contributed by atoms with Crippen molar-refractivity contribution in [1.82, 2.24) is 15.5 Å². The summed E-state index contributed by atoms with van der Waals surface area (Å²) in [6, 6.07) is 5.99. The van der Waals surface area contributed by atoms with E-state index in [1.165, 1.54) is 0 Å². The first-order valence-electron chi connectivity index (χ1n) is 11.6. The molecule has 1 aliphatic carbocycles. The molecule has 1 aliphatic rings. The number of carbonyl (C=O) groups is 3. The molecule has 33 heavy (non-hydrogen) atoms. The third-order valence-corrected chi connectivity index (χ3v) is 5.46. The van der Waals surface area contributed by atoms with Crippen molar-refractivity contribution >= 4 is 30.5 Å². The van der Waals surface area contributed by atoms with E-state index in [-0.39, 0.29) is 23.6 Å². The van der Waals surface area contributed by atoms with Crippen molar-refractivity contribution in [3.05, 3.63) is 35.4 Å². The molecule has 2 unspecified atom stereocenters. The van der Waals surface area contributed by atoms with Crippen molar-refractivity contribution in [2.24, 2.45) is 0 Å². The topological polar surface area (TPSA) is 87.7 Å². The Hall–Kier alpha value is -2.22. The number of amides is 3. The summed E-state index contributed by atoms with van der Waals surface area (Å²) >= 11 is 4.31. The molecular weight excluding hydrogens is 438 g/mol. The minimum atomic E-state index is -0.913. The van der Waals surface area contributed by atoms with Gasteiger partial charge in [0.05, 0.1) is 0 Å². The van der Waals surface area contributed by atoms with Crippen LogP contribution < -0.4 is 10.6 Å². The summed E-state index contributed by atoms with van der Waals surface area (Å²) in [5, 5.41) is 5.67. The Bertz CT molecular complexity index is 839. The number of carbonyl (C=O) groups excluding carboxylic acids is 3. The summed E-state index contributed by atoms with van der Waals surface area (Å²) < 4.78 is 5.33. The highest BCUT2D eigenvalue weighted by Crippen LogP contribution is 2.36. The van der Waals surface area contributed by atoms with Crippen molar-refractivity contribution in [1.29, 1.82) is 0 Å². The lowest BCUT2D eigenvalue weighted by atomic mass is 9.99. The van der Waals surface area contributed by atoms with Crippen LogP contribution in [0.2, 0.25) is 0 Å². The minimum Gasteiger partial charge on any atom is -0.444 e. The first kappa shape index (κ1) is 27.0. The summed E-state index contributed by atoms with van der Waals surface area (Å²) in [5.41, 5.74) is 0.734. The zero-order valence-electron chi connectivity index (χ0n) is 20.9. The second-order valence-corrected chi connectivity index (χ2v) is 11.0. The van der Waals surface area contributed by atoms with Gasteiger partial charge in [0.2, 0.25) is 11.8 Å². The van der Waals surface area contributed by atoms with E-state index in [0.29, 0.717) is 0 Å². The molecule has 3 amide bonds. The third-order valence-electron chi connectivity index (χ3n) is 5.09. The van der Waals surface area contributed by atoms with Crippen molar-refractivity contribution in [2.45, 2.75) is 97.0 Å². The first-order valence-corrected chi connectivity index (χ1v) is 12.2. The number of alkyl carbamates (subject to hydrolysis) is 1. The monoisotopic (exact) mass is 477 g/mol. The largest absolute Gasteiger partial charge is 0.444 e. The maximum Gasteiger partial charge on any atom is 0.408 e. The van der Waals surface area contributed by atoms with Crippen LogP contribution in [0.15, 0.2) is 24.3 Å². The number of nitrogens with one attached hydrogen (secondary N) is 2. The molecular formula is C25H39N3O4S. The van der Waals surface area contributed by atoms with Crippen LogP contribution in [0.4, 0.5) is 4.79 Å². The highest BCUT2D eigenvalue weighted by Gasteiger charge is 2.44. The Morgan fingerprint density at radius 1 is 1.09 bits per heavy atom. The molecule has 0 radical (unpaired) electrons. The highest BCUT2D eigenvalue weighted by atomic mass is 32.1. The van der Waals surface area contributed by atoms with Crippen LogP contribution >= 0.6 is 12.6 Å². The van der Waals surface area contributed by atoms with Crippen LogP contribution in [0.1, 0.15) is 78.5 Å². The van der Waals surface area contributed by atoms with Gasteiger partial charge in [-0.25, -0.2) is 4.79 Å². The van der Waals surface area contributed by atoms with Gasteiger partial charge in [-0.05, 0) is 71.9 Å². The molecule has 2 rings (SSSR count). The summed E-state index contributed by atoms with van der Waals surface area (Å²) in [6.07, 6.45) is 1.81. The zero-order chi connectivity index (χ0) is 25.0.